The lowest BCUT2D eigenvalue weighted by Crippen LogP contribution is -1.86. The van der Waals surface area contributed by atoms with E-state index in [0.29, 0.717) is 0 Å². The third-order valence-electron chi connectivity index (χ3n) is 1.31. The van der Waals surface area contributed by atoms with Crippen molar-refractivity contribution in [3.63, 3.8) is 0 Å². The molecule has 12 heavy (non-hydrogen) atoms. The molecule has 0 unspecified atom stereocenters. The number of nitrogens with zero attached hydrogens (tertiary/aromatic N) is 2. The van der Waals surface area contributed by atoms with Gasteiger partial charge in [0.25, 0.3) is 0 Å². The lowest BCUT2D eigenvalue weighted by Gasteiger charge is -1.97. The molecular formula is C9H9BrN2. The quantitative estimate of drug-likeness (QED) is 0.723. The van der Waals surface area contributed by atoms with Gasteiger partial charge >= 0.3 is 0 Å². The summed E-state index contributed by atoms with van der Waals surface area (Å²) in [6, 6.07) is 0. The predicted octanol–water partition coefficient (Wildman–Crippen LogP) is 2.86. The maximum Gasteiger partial charge on any atom is 0.124 e. The van der Waals surface area contributed by atoms with Gasteiger partial charge in [-0.2, -0.15) is 0 Å². The van der Waals surface area contributed by atoms with Crippen molar-refractivity contribution in [1.82, 2.24) is 9.55 Å². The van der Waals surface area contributed by atoms with Crippen molar-refractivity contribution in [2.45, 2.75) is 0 Å². The number of rotatable bonds is 3. The summed E-state index contributed by atoms with van der Waals surface area (Å²) < 4.78 is 2.63. The normalized spacial score (nSPS) is 10.4. The zero-order valence-electron chi connectivity index (χ0n) is 6.57. The van der Waals surface area contributed by atoms with E-state index in [0.717, 1.165) is 10.3 Å². The lowest BCUT2D eigenvalue weighted by atomic mass is 10.4. The molecule has 0 saturated heterocycles. The topological polar surface area (TPSA) is 17.8 Å². The summed E-state index contributed by atoms with van der Waals surface area (Å²) in [4.78, 5) is 4.00. The molecule has 0 saturated carbocycles. The fourth-order valence-electron chi connectivity index (χ4n) is 0.721. The zero-order chi connectivity index (χ0) is 8.97. The van der Waals surface area contributed by atoms with E-state index in [2.05, 4.69) is 34.1 Å². The SMILES string of the molecule is C=C/C=C\C(=C)n1cnc(Br)c1. The molecule has 1 aromatic rings. The number of halogens is 1. The maximum atomic E-state index is 4.00. The Morgan fingerprint density at radius 2 is 2.42 bits per heavy atom. The highest BCUT2D eigenvalue weighted by molar-refractivity contribution is 9.10. The summed E-state index contributed by atoms with van der Waals surface area (Å²) in [5, 5.41) is 0. The molecule has 0 aliphatic rings. The van der Waals surface area contributed by atoms with Crippen LogP contribution in [0.1, 0.15) is 0 Å². The monoisotopic (exact) mass is 224 g/mol. The first-order chi connectivity index (χ1) is 5.74. The van der Waals surface area contributed by atoms with Gasteiger partial charge in [-0.05, 0) is 22.0 Å². The molecule has 0 atom stereocenters. The second kappa shape index (κ2) is 4.07. The Bertz CT molecular complexity index is 323. The average molecular weight is 225 g/mol. The Labute approximate surface area is 80.1 Å². The van der Waals surface area contributed by atoms with Crippen LogP contribution in [-0.2, 0) is 0 Å². The molecule has 1 rings (SSSR count). The van der Waals surface area contributed by atoms with E-state index in [-0.39, 0.29) is 0 Å². The summed E-state index contributed by atoms with van der Waals surface area (Å²) in [6.45, 7) is 7.41. The molecule has 0 aliphatic heterocycles. The molecular weight excluding hydrogens is 216 g/mol. The van der Waals surface area contributed by atoms with Crippen LogP contribution >= 0.6 is 15.9 Å². The number of allylic oxidation sites excluding steroid dienone is 4. The van der Waals surface area contributed by atoms with Crippen LogP contribution in [0.4, 0.5) is 0 Å². The van der Waals surface area contributed by atoms with Gasteiger partial charge in [-0.15, -0.1) is 0 Å². The van der Waals surface area contributed by atoms with Crippen LogP contribution in [0.25, 0.3) is 5.70 Å². The Morgan fingerprint density at radius 3 is 2.92 bits per heavy atom. The van der Waals surface area contributed by atoms with Gasteiger partial charge < -0.3 is 4.57 Å². The number of imidazole rings is 1. The second-order valence-electron chi connectivity index (χ2n) is 2.19. The van der Waals surface area contributed by atoms with Crippen molar-refractivity contribution >= 4 is 21.6 Å². The molecule has 0 spiro atoms. The van der Waals surface area contributed by atoms with Crippen LogP contribution in [0.5, 0.6) is 0 Å². The molecule has 0 amide bonds. The van der Waals surface area contributed by atoms with Crippen LogP contribution in [0.15, 0.2) is 48.5 Å². The first kappa shape index (κ1) is 9.00. The van der Waals surface area contributed by atoms with Crippen molar-refractivity contribution in [3.05, 3.63) is 48.5 Å². The van der Waals surface area contributed by atoms with Gasteiger partial charge in [0.2, 0.25) is 0 Å². The summed E-state index contributed by atoms with van der Waals surface area (Å²) in [6.07, 6.45) is 8.93. The smallest absolute Gasteiger partial charge is 0.124 e. The van der Waals surface area contributed by atoms with Crippen molar-refractivity contribution in [3.8, 4) is 0 Å². The molecule has 0 radical (unpaired) electrons. The van der Waals surface area contributed by atoms with E-state index < -0.39 is 0 Å². The van der Waals surface area contributed by atoms with E-state index in [1.165, 1.54) is 0 Å². The fraction of sp³-hybridized carbons (Fsp3) is 0. The molecule has 0 aromatic carbocycles. The number of hydrogen-bond donors (Lipinski definition) is 0. The van der Waals surface area contributed by atoms with E-state index >= 15 is 0 Å². The Balaban J connectivity index is 2.78. The standard InChI is InChI=1S/C9H9BrN2/c1-3-4-5-8(2)12-6-9(10)11-7-12/h3-7H,1-2H2/b5-4-. The van der Waals surface area contributed by atoms with E-state index in [1.54, 1.807) is 12.4 Å². The minimum atomic E-state index is 0.802. The van der Waals surface area contributed by atoms with Gasteiger partial charge in [0.1, 0.15) is 10.9 Å². The van der Waals surface area contributed by atoms with Gasteiger partial charge in [-0.25, -0.2) is 4.98 Å². The van der Waals surface area contributed by atoms with Crippen LogP contribution in [0.2, 0.25) is 0 Å². The third-order valence-corrected chi connectivity index (χ3v) is 1.72. The van der Waals surface area contributed by atoms with Crippen molar-refractivity contribution in [2.75, 3.05) is 0 Å². The minimum Gasteiger partial charge on any atom is -0.306 e. The largest absolute Gasteiger partial charge is 0.306 e. The maximum absolute atomic E-state index is 4.00. The van der Waals surface area contributed by atoms with Crippen molar-refractivity contribution in [2.24, 2.45) is 0 Å². The highest BCUT2D eigenvalue weighted by Crippen LogP contribution is 2.09. The first-order valence-electron chi connectivity index (χ1n) is 3.42. The van der Waals surface area contributed by atoms with Crippen LogP contribution in [0, 0.1) is 0 Å². The zero-order valence-corrected chi connectivity index (χ0v) is 8.16. The van der Waals surface area contributed by atoms with E-state index in [1.807, 2.05) is 22.9 Å². The fourth-order valence-corrected chi connectivity index (χ4v) is 1.03. The van der Waals surface area contributed by atoms with Gasteiger partial charge in [0.05, 0.1) is 0 Å². The summed E-state index contributed by atoms with van der Waals surface area (Å²) >= 11 is 3.25. The van der Waals surface area contributed by atoms with Gasteiger partial charge in [-0.3, -0.25) is 0 Å². The van der Waals surface area contributed by atoms with Crippen molar-refractivity contribution in [1.29, 1.82) is 0 Å². The van der Waals surface area contributed by atoms with Gasteiger partial charge in [0, 0.05) is 11.9 Å². The van der Waals surface area contributed by atoms with E-state index in [9.17, 15) is 0 Å². The second-order valence-corrected chi connectivity index (χ2v) is 3.00. The van der Waals surface area contributed by atoms with E-state index in [4.69, 9.17) is 0 Å². The highest BCUT2D eigenvalue weighted by Gasteiger charge is 1.94. The predicted molar refractivity (Wildman–Crippen MR) is 54.6 cm³/mol. The molecule has 2 nitrogen and oxygen atoms in total. The molecule has 0 N–H and O–H groups in total. The Kier molecular flexibility index (Phi) is 3.05. The lowest BCUT2D eigenvalue weighted by molar-refractivity contribution is 1.10. The first-order valence-corrected chi connectivity index (χ1v) is 4.21. The summed E-state index contributed by atoms with van der Waals surface area (Å²) in [7, 11) is 0. The molecule has 62 valence electrons. The van der Waals surface area contributed by atoms with Crippen LogP contribution in [-0.4, -0.2) is 9.55 Å². The van der Waals surface area contributed by atoms with Crippen LogP contribution in [0.3, 0.4) is 0 Å². The third kappa shape index (κ3) is 2.20. The molecule has 0 bridgehead atoms. The number of hydrogen-bond acceptors (Lipinski definition) is 1. The molecule has 3 heteroatoms. The summed E-state index contributed by atoms with van der Waals surface area (Å²) in [5.74, 6) is 0. The number of aromatic nitrogens is 2. The molecule has 0 fully saturated rings. The van der Waals surface area contributed by atoms with Gasteiger partial charge in [-0.1, -0.05) is 25.3 Å². The summed E-state index contributed by atoms with van der Waals surface area (Å²) in [5.41, 5.74) is 0.855. The highest BCUT2D eigenvalue weighted by atomic mass is 79.9. The minimum absolute atomic E-state index is 0.802. The average Bonchev–Trinajstić information content (AvgIpc) is 2.47. The molecule has 0 aliphatic carbocycles. The molecule has 1 aromatic heterocycles. The van der Waals surface area contributed by atoms with Crippen LogP contribution < -0.4 is 0 Å². The Hall–Kier alpha value is -1.09. The Morgan fingerprint density at radius 1 is 1.67 bits per heavy atom. The molecule has 1 heterocycles. The van der Waals surface area contributed by atoms with Gasteiger partial charge in [0.15, 0.2) is 0 Å². The van der Waals surface area contributed by atoms with Crippen molar-refractivity contribution < 1.29 is 0 Å².